The maximum absolute atomic E-state index is 12.3. The number of aliphatic hydroxyl groups is 4. The van der Waals surface area contributed by atoms with Crippen LogP contribution in [0.5, 0.6) is 0 Å². The monoisotopic (exact) mass is 642 g/mol. The number of aryl methyl sites for hydroxylation is 2. The number of H-pyrrole nitrogens is 2. The van der Waals surface area contributed by atoms with Crippen molar-refractivity contribution in [1.29, 1.82) is 0 Å². The summed E-state index contributed by atoms with van der Waals surface area (Å²) in [7, 11) is 0. The topological polar surface area (TPSA) is 209 Å². The maximum atomic E-state index is 12.3. The van der Waals surface area contributed by atoms with Crippen LogP contribution in [0, 0.1) is 13.8 Å². The van der Waals surface area contributed by atoms with Gasteiger partial charge in [0.15, 0.2) is 0 Å². The molecule has 2 fully saturated rings. The van der Waals surface area contributed by atoms with E-state index < -0.39 is 108 Å². The van der Waals surface area contributed by atoms with Gasteiger partial charge in [0.1, 0.15) is 0 Å². The van der Waals surface area contributed by atoms with Gasteiger partial charge in [0, 0.05) is 0 Å². The van der Waals surface area contributed by atoms with Crippen LogP contribution >= 0.6 is 0 Å². The van der Waals surface area contributed by atoms with Crippen molar-refractivity contribution in [2.45, 2.75) is 60.4 Å². The molecule has 4 rings (SSSR count). The van der Waals surface area contributed by atoms with Crippen LogP contribution in [0.3, 0.4) is 0 Å². The van der Waals surface area contributed by atoms with Gasteiger partial charge in [0.2, 0.25) is 0 Å². The van der Waals surface area contributed by atoms with Crippen LogP contribution in [0.15, 0.2) is 31.6 Å². The summed E-state index contributed by atoms with van der Waals surface area (Å²) in [6.45, 7) is 2.17. The molecule has 0 aromatic carbocycles. The second-order valence-electron chi connectivity index (χ2n) is 8.56. The summed E-state index contributed by atoms with van der Waals surface area (Å²) < 4.78 is 13.7. The normalized spacial score (nSPS) is 32.3. The van der Waals surface area contributed by atoms with E-state index >= 15 is 0 Å². The summed E-state index contributed by atoms with van der Waals surface area (Å²) in [6, 6.07) is 0. The Morgan fingerprint density at radius 1 is 0.778 bits per heavy atom. The van der Waals surface area contributed by atoms with E-state index in [-0.39, 0.29) is 11.1 Å². The predicted octanol–water partition coefficient (Wildman–Crippen LogP) is -3.89. The minimum absolute atomic E-state index is 0.250. The molecule has 8 atom stereocenters. The van der Waals surface area contributed by atoms with Gasteiger partial charge in [-0.2, -0.15) is 0 Å². The van der Waals surface area contributed by atoms with Crippen LogP contribution in [-0.4, -0.2) is 103 Å². The van der Waals surface area contributed by atoms with E-state index in [9.17, 15) is 39.6 Å². The van der Waals surface area contributed by atoms with Gasteiger partial charge < -0.3 is 0 Å². The average Bonchev–Trinajstić information content (AvgIpc) is 3.32. The molecular formula is C20H26N4O10Se2. The third-order valence-corrected chi connectivity index (χ3v) is 15.8. The first-order chi connectivity index (χ1) is 17.1. The Bertz CT molecular complexity index is 1240. The fraction of sp³-hybridized carbons (Fsp3) is 0.600. The molecule has 2 saturated heterocycles. The van der Waals surface area contributed by atoms with Crippen LogP contribution < -0.4 is 22.5 Å². The molecule has 0 unspecified atom stereocenters. The molecule has 0 radical (unpaired) electrons. The number of hydrogen-bond donors (Lipinski definition) is 6. The molecule has 16 heteroatoms. The fourth-order valence-corrected chi connectivity index (χ4v) is 14.8. The molecule has 198 valence electrons. The van der Waals surface area contributed by atoms with Crippen molar-refractivity contribution >= 4 is 26.3 Å². The summed E-state index contributed by atoms with van der Waals surface area (Å²) in [6.07, 6.45) is -3.62. The summed E-state index contributed by atoms with van der Waals surface area (Å²) in [5.41, 5.74) is -2.12. The van der Waals surface area contributed by atoms with Gasteiger partial charge in [0.25, 0.3) is 0 Å². The Hall–Kier alpha value is -1.84. The first kappa shape index (κ1) is 27.2. The number of nitrogens with one attached hydrogen (secondary N) is 2. The van der Waals surface area contributed by atoms with Crippen molar-refractivity contribution in [3.8, 4) is 0 Å². The van der Waals surface area contributed by atoms with Crippen LogP contribution in [-0.2, 0) is 9.47 Å². The van der Waals surface area contributed by atoms with E-state index in [1.165, 1.54) is 26.2 Å². The molecule has 4 heterocycles. The van der Waals surface area contributed by atoms with Crippen molar-refractivity contribution in [1.82, 2.24) is 19.1 Å². The van der Waals surface area contributed by atoms with Crippen molar-refractivity contribution in [3.05, 3.63) is 65.2 Å². The first-order valence-corrected chi connectivity index (χ1v) is 17.2. The van der Waals surface area contributed by atoms with E-state index in [0.29, 0.717) is 0 Å². The van der Waals surface area contributed by atoms with E-state index in [2.05, 4.69) is 9.97 Å². The molecule has 0 saturated carbocycles. The Morgan fingerprint density at radius 2 is 1.14 bits per heavy atom. The van der Waals surface area contributed by atoms with Gasteiger partial charge >= 0.3 is 214 Å². The van der Waals surface area contributed by atoms with Crippen molar-refractivity contribution in [2.24, 2.45) is 0 Å². The standard InChI is InChI=1S/C20H26N4O10Se2/c1-7-3-23(19(31)21-15(7)29)17-11(27)13(9(5-25)33-17)35-36-14-10(6-26)34-18(12(14)28)24-4-8(2)16(30)22-20(24)32/h3-4,9-14,17-18,25-28H,5-6H2,1-2H3,(H,21,29,31)(H,22,30,32)/t9-,10-,11-,12-,13-,14-,17-,18-/m1/s1. The average molecular weight is 640 g/mol. The molecule has 0 amide bonds. The molecule has 2 aromatic heterocycles. The molecule has 14 nitrogen and oxygen atoms in total. The summed E-state index contributed by atoms with van der Waals surface area (Å²) in [5, 5.41) is 41.7. The van der Waals surface area contributed by atoms with Gasteiger partial charge in [-0.3, -0.25) is 0 Å². The van der Waals surface area contributed by atoms with Crippen molar-refractivity contribution in [2.75, 3.05) is 13.2 Å². The van der Waals surface area contributed by atoms with Gasteiger partial charge in [-0.1, -0.05) is 0 Å². The predicted molar refractivity (Wildman–Crippen MR) is 125 cm³/mol. The van der Waals surface area contributed by atoms with Crippen molar-refractivity contribution < 1.29 is 29.9 Å². The van der Waals surface area contributed by atoms with E-state index in [0.717, 1.165) is 9.13 Å². The number of hydrogen-bond acceptors (Lipinski definition) is 10. The number of aliphatic hydroxyl groups excluding tert-OH is 4. The molecular weight excluding hydrogens is 614 g/mol. The number of rotatable bonds is 7. The van der Waals surface area contributed by atoms with E-state index in [4.69, 9.17) is 9.47 Å². The second kappa shape index (κ2) is 10.9. The number of ether oxygens (including phenoxy) is 2. The molecule has 2 aliphatic heterocycles. The Morgan fingerprint density at radius 3 is 1.47 bits per heavy atom. The third kappa shape index (κ3) is 4.98. The van der Waals surface area contributed by atoms with E-state index in [1.807, 2.05) is 0 Å². The molecule has 36 heavy (non-hydrogen) atoms. The number of aromatic amines is 2. The van der Waals surface area contributed by atoms with Crippen LogP contribution in [0.4, 0.5) is 0 Å². The Labute approximate surface area is 213 Å². The zero-order valence-corrected chi connectivity index (χ0v) is 22.6. The van der Waals surface area contributed by atoms with Gasteiger partial charge in [-0.15, -0.1) is 0 Å². The van der Waals surface area contributed by atoms with Crippen LogP contribution in [0.1, 0.15) is 23.6 Å². The molecule has 2 aromatic rings. The van der Waals surface area contributed by atoms with E-state index in [1.54, 1.807) is 0 Å². The van der Waals surface area contributed by atoms with Gasteiger partial charge in [0.05, 0.1) is 0 Å². The summed E-state index contributed by atoms with van der Waals surface area (Å²) >= 11 is -0.836. The SMILES string of the molecule is Cc1cn([C@@H]2O[C@H](CO)[C@@H]([Se][Se][C@H]3[C@@H](O)[C@H](n4cc(C)c(=O)[nH]c4=O)O[C@@H]3CO)[C@H]2O)c(=O)[nH]c1=O. The summed E-state index contributed by atoms with van der Waals surface area (Å²) in [5.74, 6) is 0. The van der Waals surface area contributed by atoms with Crippen LogP contribution in [0.25, 0.3) is 0 Å². The fourth-order valence-electron chi connectivity index (χ4n) is 4.11. The first-order valence-electron chi connectivity index (χ1n) is 10.9. The zero-order chi connectivity index (χ0) is 26.3. The molecule has 0 spiro atoms. The number of aromatic nitrogens is 4. The molecule has 0 bridgehead atoms. The summed E-state index contributed by atoms with van der Waals surface area (Å²) in [4.78, 5) is 51.2. The quantitative estimate of drug-likeness (QED) is 0.162. The van der Waals surface area contributed by atoms with Gasteiger partial charge in [-0.25, -0.2) is 0 Å². The minimum atomic E-state index is -1.18. The molecule has 0 aliphatic carbocycles. The zero-order valence-electron chi connectivity index (χ0n) is 19.1. The molecule has 2 aliphatic rings. The Balaban J connectivity index is 1.53. The van der Waals surface area contributed by atoms with Crippen molar-refractivity contribution in [3.63, 3.8) is 0 Å². The second-order valence-corrected chi connectivity index (χ2v) is 15.8. The molecule has 6 N–H and O–H groups in total. The van der Waals surface area contributed by atoms with Gasteiger partial charge in [-0.05, 0) is 0 Å². The van der Waals surface area contributed by atoms with Crippen LogP contribution in [0.2, 0.25) is 9.63 Å². The Kier molecular flexibility index (Phi) is 8.22. The third-order valence-electron chi connectivity index (χ3n) is 6.10. The number of nitrogens with zero attached hydrogens (tertiary/aromatic N) is 2.